The van der Waals surface area contributed by atoms with E-state index in [0.29, 0.717) is 0 Å². The standard InChI is InChI=1S/C49H30N2/c1-2-11-30(12-3-1)33-15-8-16-34-35-17-10-22-46(43(35)29-41(33)34)50-44-20-6-5-14-37(44)42-27-31(24-26-47(42)50)32-23-25-38-40-19-9-18-39-36-13-4-7-21-45(36)51(49(39)40)48(38)28-32/h1-28H,29H2. The Hall–Kier alpha value is -6.64. The van der Waals surface area contributed by atoms with Crippen LogP contribution in [0.4, 0.5) is 0 Å². The van der Waals surface area contributed by atoms with E-state index in [1.807, 2.05) is 0 Å². The largest absolute Gasteiger partial charge is 0.309 e. The molecule has 3 heterocycles. The molecule has 12 rings (SSSR count). The average Bonchev–Trinajstić information content (AvgIpc) is 3.94. The number of nitrogens with zero attached hydrogens (tertiary/aromatic N) is 2. The van der Waals surface area contributed by atoms with Crippen LogP contribution in [0.2, 0.25) is 0 Å². The highest BCUT2D eigenvalue weighted by Crippen LogP contribution is 2.46. The molecule has 1 aliphatic rings. The summed E-state index contributed by atoms with van der Waals surface area (Å²) in [7, 11) is 0. The summed E-state index contributed by atoms with van der Waals surface area (Å²) in [5.41, 5.74) is 18.2. The van der Waals surface area contributed by atoms with Gasteiger partial charge >= 0.3 is 0 Å². The second kappa shape index (κ2) is 9.97. The lowest BCUT2D eigenvalue weighted by Crippen LogP contribution is -1.99. The Morgan fingerprint density at radius 2 is 0.922 bits per heavy atom. The number of hydrogen-bond donors (Lipinski definition) is 0. The van der Waals surface area contributed by atoms with E-state index in [4.69, 9.17) is 0 Å². The van der Waals surface area contributed by atoms with Crippen LogP contribution >= 0.6 is 0 Å². The summed E-state index contributed by atoms with van der Waals surface area (Å²) in [6.45, 7) is 0. The van der Waals surface area contributed by atoms with E-state index >= 15 is 0 Å². The zero-order valence-corrected chi connectivity index (χ0v) is 27.8. The van der Waals surface area contributed by atoms with Gasteiger partial charge in [0.05, 0.1) is 33.3 Å². The molecule has 0 fully saturated rings. The summed E-state index contributed by atoms with van der Waals surface area (Å²) in [4.78, 5) is 0. The molecule has 0 saturated carbocycles. The lowest BCUT2D eigenvalue weighted by atomic mass is 9.96. The van der Waals surface area contributed by atoms with Gasteiger partial charge in [0.15, 0.2) is 0 Å². The van der Waals surface area contributed by atoms with Gasteiger partial charge in [-0.2, -0.15) is 0 Å². The van der Waals surface area contributed by atoms with E-state index in [0.717, 1.165) is 6.42 Å². The van der Waals surface area contributed by atoms with Crippen molar-refractivity contribution in [3.05, 3.63) is 181 Å². The highest BCUT2D eigenvalue weighted by Gasteiger charge is 2.26. The van der Waals surface area contributed by atoms with Crippen molar-refractivity contribution < 1.29 is 0 Å². The molecule has 0 bridgehead atoms. The first-order valence-electron chi connectivity index (χ1n) is 17.8. The van der Waals surface area contributed by atoms with Crippen LogP contribution in [0.15, 0.2) is 170 Å². The predicted molar refractivity (Wildman–Crippen MR) is 215 cm³/mol. The van der Waals surface area contributed by atoms with Crippen molar-refractivity contribution in [2.45, 2.75) is 6.42 Å². The topological polar surface area (TPSA) is 9.34 Å². The molecule has 0 radical (unpaired) electrons. The van der Waals surface area contributed by atoms with Crippen molar-refractivity contribution in [3.63, 3.8) is 0 Å². The molecule has 0 N–H and O–H groups in total. The molecule has 0 saturated heterocycles. The van der Waals surface area contributed by atoms with Crippen molar-refractivity contribution in [2.24, 2.45) is 0 Å². The van der Waals surface area contributed by atoms with E-state index in [1.165, 1.54) is 110 Å². The summed E-state index contributed by atoms with van der Waals surface area (Å²) in [5.74, 6) is 0. The van der Waals surface area contributed by atoms with Gasteiger partial charge in [-0.25, -0.2) is 0 Å². The fourth-order valence-corrected chi connectivity index (χ4v) is 9.34. The molecule has 0 unspecified atom stereocenters. The first-order chi connectivity index (χ1) is 25.3. The molecule has 2 nitrogen and oxygen atoms in total. The van der Waals surface area contributed by atoms with Crippen LogP contribution < -0.4 is 0 Å². The van der Waals surface area contributed by atoms with Gasteiger partial charge in [-0.3, -0.25) is 0 Å². The monoisotopic (exact) mass is 646 g/mol. The second-order valence-electron chi connectivity index (χ2n) is 14.0. The molecule has 2 heteroatoms. The van der Waals surface area contributed by atoms with Gasteiger partial charge in [0.25, 0.3) is 0 Å². The SMILES string of the molecule is c1ccc(-c2cccc3c2Cc2c-3cccc2-n2c3ccccc3c3cc(-c4ccc5c6cccc7c8ccccc8n(c5c4)c76)ccc32)cc1. The Morgan fingerprint density at radius 1 is 0.333 bits per heavy atom. The Bertz CT molecular complexity index is 3210. The van der Waals surface area contributed by atoms with Gasteiger partial charge < -0.3 is 8.97 Å². The van der Waals surface area contributed by atoms with E-state index in [1.54, 1.807) is 0 Å². The molecule has 3 aromatic heterocycles. The Morgan fingerprint density at radius 3 is 1.76 bits per heavy atom. The minimum Gasteiger partial charge on any atom is -0.309 e. The van der Waals surface area contributed by atoms with Crippen LogP contribution in [0, 0.1) is 0 Å². The fraction of sp³-hybridized carbons (Fsp3) is 0.0204. The van der Waals surface area contributed by atoms with Crippen molar-refractivity contribution >= 4 is 59.9 Å². The first-order valence-corrected chi connectivity index (χ1v) is 17.8. The molecule has 236 valence electrons. The average molecular weight is 647 g/mol. The summed E-state index contributed by atoms with van der Waals surface area (Å²) < 4.78 is 4.98. The zero-order valence-electron chi connectivity index (χ0n) is 27.8. The maximum absolute atomic E-state index is 2.50. The maximum Gasteiger partial charge on any atom is 0.0620 e. The molecule has 8 aromatic carbocycles. The summed E-state index contributed by atoms with van der Waals surface area (Å²) in [6, 6.07) is 63.0. The van der Waals surface area contributed by atoms with Gasteiger partial charge in [0, 0.05) is 38.7 Å². The third kappa shape index (κ3) is 3.61. The number of rotatable bonds is 3. The molecule has 0 atom stereocenters. The minimum atomic E-state index is 0.914. The van der Waals surface area contributed by atoms with E-state index in [9.17, 15) is 0 Å². The predicted octanol–water partition coefficient (Wildman–Crippen LogP) is 12.8. The van der Waals surface area contributed by atoms with Crippen molar-refractivity contribution in [3.8, 4) is 39.1 Å². The van der Waals surface area contributed by atoms with Crippen molar-refractivity contribution in [2.75, 3.05) is 0 Å². The highest BCUT2D eigenvalue weighted by atomic mass is 15.0. The van der Waals surface area contributed by atoms with Gasteiger partial charge in [-0.05, 0) is 80.9 Å². The van der Waals surface area contributed by atoms with Gasteiger partial charge in [-0.1, -0.05) is 133 Å². The van der Waals surface area contributed by atoms with Crippen LogP contribution in [-0.2, 0) is 6.42 Å². The lowest BCUT2D eigenvalue weighted by molar-refractivity contribution is 1.12. The summed E-state index contributed by atoms with van der Waals surface area (Å²) in [5, 5.41) is 7.81. The van der Waals surface area contributed by atoms with Gasteiger partial charge in [-0.15, -0.1) is 0 Å². The number of para-hydroxylation sites is 3. The first kappa shape index (κ1) is 27.2. The molecule has 11 aromatic rings. The van der Waals surface area contributed by atoms with Crippen LogP contribution in [0.5, 0.6) is 0 Å². The molecule has 1 aliphatic carbocycles. The molecule has 0 aliphatic heterocycles. The molecule has 51 heavy (non-hydrogen) atoms. The normalized spacial score (nSPS) is 12.6. The quantitative estimate of drug-likeness (QED) is 0.181. The van der Waals surface area contributed by atoms with Gasteiger partial charge in [0.2, 0.25) is 0 Å². The number of fused-ring (bicyclic) bond motifs is 12. The fourth-order valence-electron chi connectivity index (χ4n) is 9.34. The number of hydrogen-bond acceptors (Lipinski definition) is 0. The molecule has 0 spiro atoms. The number of aromatic nitrogens is 2. The van der Waals surface area contributed by atoms with E-state index < -0.39 is 0 Å². The van der Waals surface area contributed by atoms with Gasteiger partial charge in [0.1, 0.15) is 0 Å². The molecular weight excluding hydrogens is 617 g/mol. The third-order valence-corrected chi connectivity index (χ3v) is 11.5. The van der Waals surface area contributed by atoms with Crippen molar-refractivity contribution in [1.29, 1.82) is 0 Å². The Labute approximate surface area is 294 Å². The Balaban J connectivity index is 1.05. The van der Waals surface area contributed by atoms with Crippen LogP contribution in [0.1, 0.15) is 11.1 Å². The van der Waals surface area contributed by atoms with Crippen LogP contribution in [-0.4, -0.2) is 8.97 Å². The zero-order chi connectivity index (χ0) is 33.2. The minimum absolute atomic E-state index is 0.914. The van der Waals surface area contributed by atoms with E-state index in [-0.39, 0.29) is 0 Å². The maximum atomic E-state index is 2.50. The van der Waals surface area contributed by atoms with Crippen LogP contribution in [0.25, 0.3) is 99.0 Å². The Kier molecular flexibility index (Phi) is 5.32. The molecule has 0 amide bonds. The smallest absolute Gasteiger partial charge is 0.0620 e. The number of benzene rings is 8. The second-order valence-corrected chi connectivity index (χ2v) is 14.0. The molecular formula is C49H30N2. The van der Waals surface area contributed by atoms with Crippen molar-refractivity contribution in [1.82, 2.24) is 8.97 Å². The highest BCUT2D eigenvalue weighted by molar-refractivity contribution is 6.23. The summed E-state index contributed by atoms with van der Waals surface area (Å²) >= 11 is 0. The third-order valence-electron chi connectivity index (χ3n) is 11.5. The van der Waals surface area contributed by atoms with E-state index in [2.05, 4.69) is 179 Å². The lowest BCUT2D eigenvalue weighted by Gasteiger charge is -2.13. The van der Waals surface area contributed by atoms with Crippen LogP contribution in [0.3, 0.4) is 0 Å². The summed E-state index contributed by atoms with van der Waals surface area (Å²) in [6.07, 6.45) is 0.914.